The maximum atomic E-state index is 13.1. The number of nitriles is 1. The van der Waals surface area contributed by atoms with Gasteiger partial charge in [0.05, 0.1) is 26.4 Å². The van der Waals surface area contributed by atoms with Crippen molar-refractivity contribution in [2.24, 2.45) is 0 Å². The highest BCUT2D eigenvalue weighted by molar-refractivity contribution is 6.16. The molecule has 7 heteroatoms. The van der Waals surface area contributed by atoms with Crippen molar-refractivity contribution in [2.75, 3.05) is 27.4 Å². The molecule has 1 N–H and O–H groups in total. The van der Waals surface area contributed by atoms with Gasteiger partial charge < -0.3 is 19.3 Å². The summed E-state index contributed by atoms with van der Waals surface area (Å²) >= 11 is 0. The third-order valence-corrected chi connectivity index (χ3v) is 4.18. The van der Waals surface area contributed by atoms with Crippen molar-refractivity contribution in [3.05, 3.63) is 59.4 Å². The van der Waals surface area contributed by atoms with Crippen LogP contribution < -0.4 is 14.2 Å². The number of carbonyl (C=O) groups is 1. The van der Waals surface area contributed by atoms with Gasteiger partial charge in [0.25, 0.3) is 0 Å². The van der Waals surface area contributed by atoms with Crippen LogP contribution in [0.25, 0.3) is 10.8 Å². The lowest BCUT2D eigenvalue weighted by Crippen LogP contribution is -2.07. The number of nitrogens with zero attached hydrogens (tertiary/aromatic N) is 2. The first-order valence-corrected chi connectivity index (χ1v) is 8.46. The van der Waals surface area contributed by atoms with Gasteiger partial charge in [-0.1, -0.05) is 12.1 Å². The van der Waals surface area contributed by atoms with E-state index in [1.165, 1.54) is 20.4 Å². The Hall–Kier alpha value is -3.63. The lowest BCUT2D eigenvalue weighted by molar-refractivity contribution is 0.103. The molecule has 142 valence electrons. The molecule has 0 atom stereocenters. The lowest BCUT2D eigenvalue weighted by Gasteiger charge is -2.12. The minimum atomic E-state index is -0.323. The minimum Gasteiger partial charge on any atom is -0.493 e. The first-order chi connectivity index (χ1) is 13.6. The number of methoxy groups -OCH3 is 2. The summed E-state index contributed by atoms with van der Waals surface area (Å²) in [6, 6.07) is 12.0. The van der Waals surface area contributed by atoms with Crippen LogP contribution in [0.4, 0.5) is 0 Å². The zero-order valence-corrected chi connectivity index (χ0v) is 15.4. The molecular weight excluding hydrogens is 360 g/mol. The van der Waals surface area contributed by atoms with Gasteiger partial charge in [0, 0.05) is 22.5 Å². The minimum absolute atomic E-state index is 0.123. The topological polar surface area (TPSA) is 102 Å². The van der Waals surface area contributed by atoms with Crippen LogP contribution in [0.5, 0.6) is 17.2 Å². The molecule has 2 aromatic carbocycles. The maximum Gasteiger partial charge on any atom is 0.212 e. The Morgan fingerprint density at radius 1 is 1.14 bits per heavy atom. The number of aliphatic hydroxyl groups is 1. The number of rotatable bonds is 7. The highest BCUT2D eigenvalue weighted by atomic mass is 16.5. The van der Waals surface area contributed by atoms with Crippen molar-refractivity contribution in [1.82, 2.24) is 4.98 Å². The number of hydrogen-bond donors (Lipinski definition) is 1. The van der Waals surface area contributed by atoms with Crippen LogP contribution in [0.1, 0.15) is 21.6 Å². The highest BCUT2D eigenvalue weighted by Gasteiger charge is 2.19. The van der Waals surface area contributed by atoms with E-state index in [1.54, 1.807) is 36.4 Å². The third-order valence-electron chi connectivity index (χ3n) is 4.18. The lowest BCUT2D eigenvalue weighted by atomic mass is 9.99. The summed E-state index contributed by atoms with van der Waals surface area (Å²) in [5, 5.41) is 19.3. The van der Waals surface area contributed by atoms with Crippen molar-refractivity contribution in [3.8, 4) is 23.3 Å². The Bertz CT molecular complexity index is 1070. The fourth-order valence-electron chi connectivity index (χ4n) is 2.86. The molecule has 0 unspecified atom stereocenters. The number of aromatic nitrogens is 1. The molecule has 0 bridgehead atoms. The number of pyridine rings is 1. The Morgan fingerprint density at radius 3 is 2.50 bits per heavy atom. The molecule has 0 aliphatic carbocycles. The average Bonchev–Trinajstić information content (AvgIpc) is 2.75. The molecule has 0 saturated heterocycles. The number of hydrogen-bond acceptors (Lipinski definition) is 7. The van der Waals surface area contributed by atoms with E-state index >= 15 is 0 Å². The van der Waals surface area contributed by atoms with Gasteiger partial charge in [-0.05, 0) is 24.3 Å². The number of fused-ring (bicyclic) bond motifs is 1. The van der Waals surface area contributed by atoms with Crippen molar-refractivity contribution < 1.29 is 24.1 Å². The van der Waals surface area contributed by atoms with Gasteiger partial charge in [-0.25, -0.2) is 0 Å². The second-order valence-electron chi connectivity index (χ2n) is 5.81. The summed E-state index contributed by atoms with van der Waals surface area (Å²) in [6.45, 7) is 0.00824. The Kier molecular flexibility index (Phi) is 5.72. The van der Waals surface area contributed by atoms with Gasteiger partial charge in [-0.15, -0.1) is 0 Å². The highest BCUT2D eigenvalue weighted by Crippen LogP contribution is 2.35. The van der Waals surface area contributed by atoms with Crippen LogP contribution in [0, 0.1) is 11.3 Å². The second kappa shape index (κ2) is 8.37. The molecule has 0 fully saturated rings. The molecule has 3 aromatic rings. The van der Waals surface area contributed by atoms with E-state index < -0.39 is 0 Å². The third kappa shape index (κ3) is 3.59. The molecule has 3 rings (SSSR count). The number of ether oxygens (including phenoxy) is 3. The van der Waals surface area contributed by atoms with Crippen molar-refractivity contribution >= 4 is 16.6 Å². The SMILES string of the molecule is COc1cc2c(C#N)cnc(C(=O)c3cccc(OCCO)c3)c2cc1OC. The van der Waals surface area contributed by atoms with E-state index in [9.17, 15) is 10.1 Å². The monoisotopic (exact) mass is 378 g/mol. The standard InChI is InChI=1S/C21H18N2O5/c1-26-18-9-16-14(11-22)12-23-20(17(16)10-19(18)27-2)21(25)13-4-3-5-15(8-13)28-7-6-24/h3-5,8-10,12,24H,6-7H2,1-2H3. The van der Waals surface area contributed by atoms with Crippen LogP contribution >= 0.6 is 0 Å². The molecule has 0 amide bonds. The summed E-state index contributed by atoms with van der Waals surface area (Å²) in [6.07, 6.45) is 1.37. The van der Waals surface area contributed by atoms with Gasteiger partial charge >= 0.3 is 0 Å². The molecular formula is C21H18N2O5. The van der Waals surface area contributed by atoms with Crippen LogP contribution in [0.3, 0.4) is 0 Å². The van der Waals surface area contributed by atoms with E-state index in [0.29, 0.717) is 39.1 Å². The number of carbonyl (C=O) groups excluding carboxylic acids is 1. The van der Waals surface area contributed by atoms with Crippen LogP contribution in [-0.2, 0) is 0 Å². The molecule has 1 heterocycles. The first kappa shape index (κ1) is 19.1. The van der Waals surface area contributed by atoms with Crippen molar-refractivity contribution in [1.29, 1.82) is 5.26 Å². The fraction of sp³-hybridized carbons (Fsp3) is 0.190. The van der Waals surface area contributed by atoms with Gasteiger partial charge in [-0.2, -0.15) is 5.26 Å². The first-order valence-electron chi connectivity index (χ1n) is 8.46. The summed E-state index contributed by atoms with van der Waals surface area (Å²) in [4.78, 5) is 17.3. The smallest absolute Gasteiger partial charge is 0.212 e. The molecule has 0 radical (unpaired) electrons. The number of aliphatic hydroxyl groups excluding tert-OH is 1. The quantitative estimate of drug-likeness (QED) is 0.631. The molecule has 28 heavy (non-hydrogen) atoms. The fourth-order valence-corrected chi connectivity index (χ4v) is 2.86. The zero-order chi connectivity index (χ0) is 20.1. The Morgan fingerprint density at radius 2 is 1.86 bits per heavy atom. The van der Waals surface area contributed by atoms with Crippen LogP contribution in [0.2, 0.25) is 0 Å². The molecule has 7 nitrogen and oxygen atoms in total. The van der Waals surface area contributed by atoms with E-state index in [2.05, 4.69) is 11.1 Å². The van der Waals surface area contributed by atoms with Crippen molar-refractivity contribution in [3.63, 3.8) is 0 Å². The van der Waals surface area contributed by atoms with Crippen molar-refractivity contribution in [2.45, 2.75) is 0 Å². The van der Waals surface area contributed by atoms with Gasteiger partial charge in [0.15, 0.2) is 11.5 Å². The van der Waals surface area contributed by atoms with E-state index in [1.807, 2.05) is 0 Å². The van der Waals surface area contributed by atoms with E-state index in [-0.39, 0.29) is 24.7 Å². The summed E-state index contributed by atoms with van der Waals surface area (Å²) in [7, 11) is 3.00. The largest absolute Gasteiger partial charge is 0.493 e. The summed E-state index contributed by atoms with van der Waals surface area (Å²) in [5.74, 6) is 1.03. The summed E-state index contributed by atoms with van der Waals surface area (Å²) < 4.78 is 16.0. The Labute approximate surface area is 161 Å². The summed E-state index contributed by atoms with van der Waals surface area (Å²) in [5.41, 5.74) is 0.894. The number of ketones is 1. The van der Waals surface area contributed by atoms with E-state index in [0.717, 1.165) is 0 Å². The molecule has 1 aromatic heterocycles. The zero-order valence-electron chi connectivity index (χ0n) is 15.4. The normalized spacial score (nSPS) is 10.4. The predicted octanol–water partition coefficient (Wildman–Crippen LogP) is 2.73. The second-order valence-corrected chi connectivity index (χ2v) is 5.81. The predicted molar refractivity (Wildman–Crippen MR) is 102 cm³/mol. The average molecular weight is 378 g/mol. The van der Waals surface area contributed by atoms with Gasteiger partial charge in [0.2, 0.25) is 5.78 Å². The molecule has 0 saturated carbocycles. The van der Waals surface area contributed by atoms with Crippen LogP contribution in [0.15, 0.2) is 42.6 Å². The molecule has 0 aliphatic heterocycles. The van der Waals surface area contributed by atoms with Crippen LogP contribution in [-0.4, -0.2) is 43.3 Å². The van der Waals surface area contributed by atoms with Gasteiger partial charge in [0.1, 0.15) is 24.1 Å². The molecule has 0 spiro atoms. The maximum absolute atomic E-state index is 13.1. The molecule has 0 aliphatic rings. The Balaban J connectivity index is 2.15. The number of benzene rings is 2. The van der Waals surface area contributed by atoms with Gasteiger partial charge in [-0.3, -0.25) is 9.78 Å². The van der Waals surface area contributed by atoms with E-state index in [4.69, 9.17) is 19.3 Å².